The van der Waals surface area contributed by atoms with Crippen molar-refractivity contribution in [3.63, 3.8) is 0 Å². The van der Waals surface area contributed by atoms with Crippen LogP contribution in [0.25, 0.3) is 0 Å². The molecule has 0 aliphatic carbocycles. The maximum Gasteiger partial charge on any atom is 0.161 e. The van der Waals surface area contributed by atoms with Crippen LogP contribution >= 0.6 is 34.8 Å². The van der Waals surface area contributed by atoms with E-state index < -0.39 is 0 Å². The summed E-state index contributed by atoms with van der Waals surface area (Å²) < 4.78 is 0. The van der Waals surface area contributed by atoms with Crippen molar-refractivity contribution in [1.29, 1.82) is 0 Å². The smallest absolute Gasteiger partial charge is 0.161 e. The first-order valence-corrected chi connectivity index (χ1v) is 4.31. The van der Waals surface area contributed by atoms with Gasteiger partial charge in [0.05, 0.1) is 15.1 Å². The van der Waals surface area contributed by atoms with E-state index in [2.05, 4.69) is 0 Å². The fourth-order valence-electron chi connectivity index (χ4n) is 0.792. The summed E-state index contributed by atoms with van der Waals surface area (Å²) in [6.45, 7) is 1.42. The summed E-state index contributed by atoms with van der Waals surface area (Å²) in [5, 5.41) is 1.02. The summed E-state index contributed by atoms with van der Waals surface area (Å²) in [6.07, 6.45) is 0. The lowest BCUT2D eigenvalue weighted by Gasteiger charge is -2.01. The zero-order valence-corrected chi connectivity index (χ0v) is 8.46. The SMILES string of the molecule is CC(=O)c1cc(Cl)c(Cl)cc1Cl. The number of rotatable bonds is 1. The van der Waals surface area contributed by atoms with E-state index in [4.69, 9.17) is 34.8 Å². The Kier molecular flexibility index (Phi) is 2.99. The van der Waals surface area contributed by atoms with Gasteiger partial charge >= 0.3 is 0 Å². The molecule has 1 nitrogen and oxygen atoms in total. The number of halogens is 3. The van der Waals surface area contributed by atoms with Crippen LogP contribution in [0, 0.1) is 0 Å². The minimum atomic E-state index is -0.126. The standard InChI is InChI=1S/C8H5Cl3O/c1-4(12)5-2-7(10)8(11)3-6(5)9/h2-3H,1H3. The molecule has 0 aliphatic rings. The van der Waals surface area contributed by atoms with E-state index >= 15 is 0 Å². The monoisotopic (exact) mass is 222 g/mol. The number of ketones is 1. The van der Waals surface area contributed by atoms with Gasteiger partial charge in [-0.05, 0) is 19.1 Å². The van der Waals surface area contributed by atoms with E-state index in [0.29, 0.717) is 20.6 Å². The lowest BCUT2D eigenvalue weighted by Crippen LogP contribution is -1.93. The number of hydrogen-bond donors (Lipinski definition) is 0. The van der Waals surface area contributed by atoms with E-state index in [1.54, 1.807) is 0 Å². The molecule has 0 bridgehead atoms. The maximum atomic E-state index is 10.9. The minimum absolute atomic E-state index is 0.126. The van der Waals surface area contributed by atoms with E-state index in [-0.39, 0.29) is 5.78 Å². The molecule has 0 heterocycles. The molecule has 0 N–H and O–H groups in total. The Balaban J connectivity index is 3.33. The van der Waals surface area contributed by atoms with Crippen LogP contribution in [0.2, 0.25) is 15.1 Å². The molecule has 0 saturated heterocycles. The Morgan fingerprint density at radius 3 is 2.08 bits per heavy atom. The molecule has 0 fully saturated rings. The quantitative estimate of drug-likeness (QED) is 0.522. The van der Waals surface area contributed by atoms with E-state index in [9.17, 15) is 4.79 Å². The molecule has 0 saturated carbocycles. The summed E-state index contributed by atoms with van der Waals surface area (Å²) in [6, 6.07) is 2.93. The lowest BCUT2D eigenvalue weighted by atomic mass is 10.1. The molecule has 0 unspecified atom stereocenters. The molecule has 0 spiro atoms. The van der Waals surface area contributed by atoms with E-state index in [0.717, 1.165) is 0 Å². The molecule has 1 aromatic carbocycles. The van der Waals surface area contributed by atoms with Crippen molar-refractivity contribution in [1.82, 2.24) is 0 Å². The first-order valence-electron chi connectivity index (χ1n) is 3.18. The van der Waals surface area contributed by atoms with Gasteiger partial charge < -0.3 is 0 Å². The second kappa shape index (κ2) is 3.65. The molecule has 0 aromatic heterocycles. The van der Waals surface area contributed by atoms with Gasteiger partial charge in [0, 0.05) is 5.56 Å². The molecule has 4 heteroatoms. The molecule has 0 atom stereocenters. The second-order valence-corrected chi connectivity index (χ2v) is 3.52. The minimum Gasteiger partial charge on any atom is -0.294 e. The van der Waals surface area contributed by atoms with Crippen LogP contribution in [0.1, 0.15) is 17.3 Å². The molecule has 12 heavy (non-hydrogen) atoms. The largest absolute Gasteiger partial charge is 0.294 e. The molecular weight excluding hydrogens is 218 g/mol. The molecule has 1 rings (SSSR count). The zero-order chi connectivity index (χ0) is 9.30. The van der Waals surface area contributed by atoms with Crippen molar-refractivity contribution < 1.29 is 4.79 Å². The number of benzene rings is 1. The van der Waals surface area contributed by atoms with Crippen LogP contribution < -0.4 is 0 Å². The van der Waals surface area contributed by atoms with Gasteiger partial charge in [-0.3, -0.25) is 4.79 Å². The van der Waals surface area contributed by atoms with Gasteiger partial charge in [-0.25, -0.2) is 0 Å². The Hall–Kier alpha value is -0.240. The van der Waals surface area contributed by atoms with Crippen molar-refractivity contribution in [2.45, 2.75) is 6.92 Å². The molecule has 64 valence electrons. The zero-order valence-electron chi connectivity index (χ0n) is 6.20. The Morgan fingerprint density at radius 2 is 1.58 bits per heavy atom. The summed E-state index contributed by atoms with van der Waals surface area (Å²) in [4.78, 5) is 10.9. The molecule has 0 aliphatic heterocycles. The average Bonchev–Trinajstić information content (AvgIpc) is 1.96. The second-order valence-electron chi connectivity index (χ2n) is 2.30. The van der Waals surface area contributed by atoms with Gasteiger partial charge in [0.15, 0.2) is 5.78 Å². The van der Waals surface area contributed by atoms with Crippen molar-refractivity contribution in [3.05, 3.63) is 32.8 Å². The van der Waals surface area contributed by atoms with Crippen molar-refractivity contribution in [2.75, 3.05) is 0 Å². The predicted octanol–water partition coefficient (Wildman–Crippen LogP) is 3.85. The molecular formula is C8H5Cl3O. The first kappa shape index (κ1) is 9.85. The van der Waals surface area contributed by atoms with Crippen molar-refractivity contribution in [2.24, 2.45) is 0 Å². The molecule has 0 radical (unpaired) electrons. The fourth-order valence-corrected chi connectivity index (χ4v) is 1.47. The van der Waals surface area contributed by atoms with Gasteiger partial charge in [-0.1, -0.05) is 34.8 Å². The van der Waals surface area contributed by atoms with E-state index in [1.165, 1.54) is 19.1 Å². The number of carbonyl (C=O) groups is 1. The van der Waals surface area contributed by atoms with Crippen LogP contribution in [0.15, 0.2) is 12.1 Å². The molecule has 0 amide bonds. The third kappa shape index (κ3) is 1.92. The number of hydrogen-bond acceptors (Lipinski definition) is 1. The van der Waals surface area contributed by atoms with E-state index in [1.807, 2.05) is 0 Å². The molecule has 1 aromatic rings. The highest BCUT2D eigenvalue weighted by Crippen LogP contribution is 2.28. The Bertz CT molecular complexity index is 333. The maximum absolute atomic E-state index is 10.9. The van der Waals surface area contributed by atoms with Gasteiger partial charge in [0.1, 0.15) is 0 Å². The topological polar surface area (TPSA) is 17.1 Å². The third-order valence-corrected chi connectivity index (χ3v) is 2.42. The number of Topliss-reactive ketones (excluding diaryl/α,β-unsaturated/α-hetero) is 1. The normalized spacial score (nSPS) is 10.0. The third-order valence-electron chi connectivity index (χ3n) is 1.39. The fraction of sp³-hybridized carbons (Fsp3) is 0.125. The average molecular weight is 223 g/mol. The lowest BCUT2D eigenvalue weighted by molar-refractivity contribution is 0.101. The van der Waals surface area contributed by atoms with Crippen LogP contribution in [0.4, 0.5) is 0 Å². The van der Waals surface area contributed by atoms with Gasteiger partial charge in [0.2, 0.25) is 0 Å². The highest BCUT2D eigenvalue weighted by atomic mass is 35.5. The summed E-state index contributed by atoms with van der Waals surface area (Å²) >= 11 is 17.1. The van der Waals surface area contributed by atoms with Gasteiger partial charge in [0.25, 0.3) is 0 Å². The van der Waals surface area contributed by atoms with Gasteiger partial charge in [-0.15, -0.1) is 0 Å². The first-order chi connectivity index (χ1) is 5.52. The Labute approximate surface area is 85.2 Å². The van der Waals surface area contributed by atoms with Crippen LogP contribution in [0.3, 0.4) is 0 Å². The van der Waals surface area contributed by atoms with Crippen molar-refractivity contribution >= 4 is 40.6 Å². The van der Waals surface area contributed by atoms with Crippen LogP contribution in [-0.2, 0) is 0 Å². The van der Waals surface area contributed by atoms with Gasteiger partial charge in [-0.2, -0.15) is 0 Å². The van der Waals surface area contributed by atoms with Crippen LogP contribution in [-0.4, -0.2) is 5.78 Å². The number of carbonyl (C=O) groups excluding carboxylic acids is 1. The Morgan fingerprint density at radius 1 is 1.08 bits per heavy atom. The predicted molar refractivity (Wildman–Crippen MR) is 51.5 cm³/mol. The summed E-state index contributed by atoms with van der Waals surface area (Å²) in [5.74, 6) is -0.126. The van der Waals surface area contributed by atoms with Crippen molar-refractivity contribution in [3.8, 4) is 0 Å². The highest BCUT2D eigenvalue weighted by Gasteiger charge is 2.08. The summed E-state index contributed by atoms with van der Waals surface area (Å²) in [5.41, 5.74) is 0.395. The van der Waals surface area contributed by atoms with Crippen LogP contribution in [0.5, 0.6) is 0 Å². The summed E-state index contributed by atoms with van der Waals surface area (Å²) in [7, 11) is 0. The highest BCUT2D eigenvalue weighted by molar-refractivity contribution is 6.44.